The van der Waals surface area contributed by atoms with Gasteiger partial charge in [-0.15, -0.1) is 0 Å². The van der Waals surface area contributed by atoms with Gasteiger partial charge in [0.25, 0.3) is 0 Å². The van der Waals surface area contributed by atoms with Gasteiger partial charge in [0.05, 0.1) is 6.10 Å². The summed E-state index contributed by atoms with van der Waals surface area (Å²) in [6.45, 7) is -0.136. The van der Waals surface area contributed by atoms with Gasteiger partial charge >= 0.3 is 18.1 Å². The molecule has 0 bridgehead atoms. The number of hydrogen-bond donors (Lipinski definition) is 3. The van der Waals surface area contributed by atoms with E-state index in [2.05, 4.69) is 4.74 Å². The largest absolute Gasteiger partial charge is 0.490 e. The molecule has 0 saturated carbocycles. The molecular weight excluding hydrogens is 373 g/mol. The maximum atomic E-state index is 12.2. The van der Waals surface area contributed by atoms with E-state index in [1.54, 1.807) is 30.3 Å². The number of nitrogens with one attached hydrogen (secondary N) is 1. The smallest absolute Gasteiger partial charge is 0.459 e. The monoisotopic (exact) mass is 392 g/mol. The van der Waals surface area contributed by atoms with Crippen LogP contribution in [0.15, 0.2) is 30.3 Å². The summed E-state index contributed by atoms with van der Waals surface area (Å²) in [6.07, 6.45) is -6.55. The van der Waals surface area contributed by atoms with E-state index in [4.69, 9.17) is 10.5 Å². The third-order valence-corrected chi connectivity index (χ3v) is 3.26. The highest BCUT2D eigenvalue weighted by Crippen LogP contribution is 2.16. The van der Waals surface area contributed by atoms with E-state index in [1.807, 2.05) is 5.32 Å². The minimum absolute atomic E-state index is 0.221. The molecule has 0 unspecified atom stereocenters. The van der Waals surface area contributed by atoms with Crippen molar-refractivity contribution in [3.8, 4) is 0 Å². The molecule has 0 fully saturated rings. The zero-order valence-corrected chi connectivity index (χ0v) is 14.2. The Bertz CT molecular complexity index is 651. The molecule has 11 heteroatoms. The molecule has 0 heterocycles. The molecule has 1 aromatic carbocycles. The van der Waals surface area contributed by atoms with Crippen LogP contribution >= 0.6 is 0 Å². The van der Waals surface area contributed by atoms with Gasteiger partial charge in [0.1, 0.15) is 19.3 Å². The van der Waals surface area contributed by atoms with Gasteiger partial charge in [-0.3, -0.25) is 4.79 Å². The molecule has 8 nitrogen and oxygen atoms in total. The number of hydrogen-bond acceptors (Lipinski definition) is 7. The predicted octanol–water partition coefficient (Wildman–Crippen LogP) is 0.0282. The third kappa shape index (κ3) is 7.62. The first-order valence-electron chi connectivity index (χ1n) is 7.71. The van der Waals surface area contributed by atoms with Gasteiger partial charge in [-0.2, -0.15) is 13.2 Å². The molecule has 3 atom stereocenters. The summed E-state index contributed by atoms with van der Waals surface area (Å²) in [4.78, 5) is 34.8. The van der Waals surface area contributed by atoms with Crippen LogP contribution in [0.1, 0.15) is 12.5 Å². The molecule has 0 aliphatic heterocycles. The van der Waals surface area contributed by atoms with E-state index in [1.165, 1.54) is 6.92 Å². The Labute approximate surface area is 152 Å². The van der Waals surface area contributed by atoms with Crippen LogP contribution in [-0.4, -0.2) is 53.9 Å². The van der Waals surface area contributed by atoms with Crippen molar-refractivity contribution in [3.05, 3.63) is 35.9 Å². The number of esters is 2. The topological polar surface area (TPSA) is 128 Å². The first kappa shape index (κ1) is 22.4. The maximum Gasteiger partial charge on any atom is 0.490 e. The van der Waals surface area contributed by atoms with Crippen LogP contribution < -0.4 is 11.1 Å². The highest BCUT2D eigenvalue weighted by molar-refractivity contribution is 5.88. The lowest BCUT2D eigenvalue weighted by Crippen LogP contribution is -2.54. The fourth-order valence-electron chi connectivity index (χ4n) is 1.73. The van der Waals surface area contributed by atoms with Crippen LogP contribution in [0, 0.1) is 0 Å². The van der Waals surface area contributed by atoms with E-state index in [-0.39, 0.29) is 6.61 Å². The summed E-state index contributed by atoms with van der Waals surface area (Å²) in [7, 11) is 0. The van der Waals surface area contributed by atoms with Gasteiger partial charge in [-0.25, -0.2) is 9.59 Å². The van der Waals surface area contributed by atoms with Crippen molar-refractivity contribution in [2.45, 2.75) is 37.9 Å². The minimum atomic E-state index is -5.27. The van der Waals surface area contributed by atoms with Crippen molar-refractivity contribution in [3.63, 3.8) is 0 Å². The number of carbonyl (C=O) groups excluding carboxylic acids is 3. The fraction of sp³-hybridized carbons (Fsp3) is 0.438. The molecule has 0 aromatic heterocycles. The molecule has 0 radical (unpaired) electrons. The number of amides is 1. The molecule has 1 amide bonds. The molecule has 1 aromatic rings. The summed E-state index contributed by atoms with van der Waals surface area (Å²) >= 11 is 0. The first-order valence-corrected chi connectivity index (χ1v) is 7.71. The summed E-state index contributed by atoms with van der Waals surface area (Å²) in [5.41, 5.74) is 5.98. The summed E-state index contributed by atoms with van der Waals surface area (Å²) in [6, 6.07) is 5.15. The Morgan fingerprint density at radius 3 is 2.30 bits per heavy atom. The molecule has 1 rings (SSSR count). The van der Waals surface area contributed by atoms with Crippen molar-refractivity contribution in [1.29, 1.82) is 0 Å². The molecule has 4 N–H and O–H groups in total. The fourth-order valence-corrected chi connectivity index (χ4v) is 1.73. The van der Waals surface area contributed by atoms with E-state index < -0.39 is 48.8 Å². The van der Waals surface area contributed by atoms with E-state index >= 15 is 0 Å². The van der Waals surface area contributed by atoms with Crippen LogP contribution in [0.25, 0.3) is 0 Å². The molecule has 0 aliphatic carbocycles. The number of carbonyl (C=O) groups is 3. The average Bonchev–Trinajstić information content (AvgIpc) is 2.61. The van der Waals surface area contributed by atoms with Crippen LogP contribution in [0.2, 0.25) is 0 Å². The Balaban J connectivity index is 2.77. The third-order valence-electron chi connectivity index (χ3n) is 3.26. The molecule has 0 saturated heterocycles. The number of benzene rings is 1. The van der Waals surface area contributed by atoms with E-state index in [0.29, 0.717) is 5.56 Å². The normalized spacial score (nSPS) is 14.6. The molecule has 27 heavy (non-hydrogen) atoms. The van der Waals surface area contributed by atoms with Gasteiger partial charge in [-0.1, -0.05) is 30.3 Å². The number of nitrogens with two attached hydrogens (primary N) is 1. The number of aliphatic hydroxyl groups excluding tert-OH is 1. The number of halogens is 3. The summed E-state index contributed by atoms with van der Waals surface area (Å²) in [5.74, 6) is -4.70. The van der Waals surface area contributed by atoms with Gasteiger partial charge in [0.2, 0.25) is 5.91 Å². The number of ether oxygens (including phenoxy) is 2. The first-order chi connectivity index (χ1) is 12.5. The van der Waals surface area contributed by atoms with Crippen molar-refractivity contribution >= 4 is 17.8 Å². The minimum Gasteiger partial charge on any atom is -0.459 e. The van der Waals surface area contributed by atoms with Crippen molar-refractivity contribution in [1.82, 2.24) is 5.32 Å². The van der Waals surface area contributed by atoms with Crippen molar-refractivity contribution in [2.24, 2.45) is 5.73 Å². The molecule has 150 valence electrons. The second kappa shape index (κ2) is 9.88. The lowest BCUT2D eigenvalue weighted by Gasteiger charge is -2.21. The predicted molar refractivity (Wildman–Crippen MR) is 84.8 cm³/mol. The number of aliphatic hydroxyl groups is 1. The number of alkyl halides is 3. The second-order valence-electron chi connectivity index (χ2n) is 5.52. The second-order valence-corrected chi connectivity index (χ2v) is 5.52. The zero-order valence-electron chi connectivity index (χ0n) is 14.2. The number of rotatable bonds is 8. The molecular formula is C16H19F3N2O6. The Hall–Kier alpha value is -2.66. The molecule has 0 aliphatic rings. The highest BCUT2D eigenvalue weighted by atomic mass is 19.4. The zero-order chi connectivity index (χ0) is 20.6. The van der Waals surface area contributed by atoms with Gasteiger partial charge in [0.15, 0.2) is 6.04 Å². The van der Waals surface area contributed by atoms with Crippen LogP contribution in [-0.2, 0) is 30.5 Å². The maximum absolute atomic E-state index is 12.2. The summed E-state index contributed by atoms with van der Waals surface area (Å²) < 4.78 is 45.6. The van der Waals surface area contributed by atoms with E-state index in [0.717, 1.165) is 0 Å². The Kier molecular flexibility index (Phi) is 8.19. The van der Waals surface area contributed by atoms with Gasteiger partial charge in [-0.05, 0) is 12.5 Å². The lowest BCUT2D eigenvalue weighted by atomic mass is 10.1. The SMILES string of the molecule is C[C@H](O)[C@H](N)C(=O)N[C@@H](COC(=O)C(F)(F)F)C(=O)OCc1ccccc1. The Morgan fingerprint density at radius 2 is 1.78 bits per heavy atom. The Morgan fingerprint density at radius 1 is 1.19 bits per heavy atom. The quantitative estimate of drug-likeness (QED) is 0.533. The highest BCUT2D eigenvalue weighted by Gasteiger charge is 2.42. The van der Waals surface area contributed by atoms with Crippen molar-refractivity contribution in [2.75, 3.05) is 6.61 Å². The lowest BCUT2D eigenvalue weighted by molar-refractivity contribution is -0.200. The van der Waals surface area contributed by atoms with Crippen LogP contribution in [0.4, 0.5) is 13.2 Å². The standard InChI is InChI=1S/C16H19F3N2O6/c1-9(22)12(20)13(23)21-11(8-27-15(25)16(17,18)19)14(24)26-7-10-5-3-2-4-6-10/h2-6,9,11-12,22H,7-8,20H2,1H3,(H,21,23)/t9-,11-,12-/m0/s1. The van der Waals surface area contributed by atoms with Crippen molar-refractivity contribution < 1.29 is 42.1 Å². The van der Waals surface area contributed by atoms with Gasteiger partial charge < -0.3 is 25.6 Å². The van der Waals surface area contributed by atoms with Crippen LogP contribution in [0.5, 0.6) is 0 Å². The van der Waals surface area contributed by atoms with Crippen LogP contribution in [0.3, 0.4) is 0 Å². The molecule has 0 spiro atoms. The summed E-state index contributed by atoms with van der Waals surface area (Å²) in [5, 5.41) is 11.3. The van der Waals surface area contributed by atoms with Gasteiger partial charge in [0, 0.05) is 0 Å². The average molecular weight is 392 g/mol. The van der Waals surface area contributed by atoms with E-state index in [9.17, 15) is 32.7 Å².